The first kappa shape index (κ1) is 13.6. The molecule has 0 heterocycles. The van der Waals surface area contributed by atoms with Gasteiger partial charge in [-0.2, -0.15) is 0 Å². The normalized spacial score (nSPS) is 22.7. The van der Waals surface area contributed by atoms with Crippen LogP contribution in [0.2, 0.25) is 0 Å². The summed E-state index contributed by atoms with van der Waals surface area (Å²) in [5.74, 6) is 0.479. The molecule has 3 nitrogen and oxygen atoms in total. The predicted octanol–water partition coefficient (Wildman–Crippen LogP) is 2.29. The second kappa shape index (κ2) is 5.17. The van der Waals surface area contributed by atoms with E-state index in [1.54, 1.807) is 0 Å². The molecule has 3 rings (SSSR count). The first-order valence-electron chi connectivity index (χ1n) is 7.29. The Bertz CT molecular complexity index is 549. The van der Waals surface area contributed by atoms with Crippen LogP contribution >= 0.6 is 12.2 Å². The molecular formula is C16H20N2OS. The van der Waals surface area contributed by atoms with Crippen molar-refractivity contribution in [2.45, 2.75) is 38.0 Å². The summed E-state index contributed by atoms with van der Waals surface area (Å²) in [6, 6.07) is 8.42. The van der Waals surface area contributed by atoms with Gasteiger partial charge in [0, 0.05) is 12.5 Å². The first-order chi connectivity index (χ1) is 9.63. The summed E-state index contributed by atoms with van der Waals surface area (Å²) >= 11 is 5.15. The maximum absolute atomic E-state index is 12.5. The number of nitrogens with two attached hydrogens (primary N) is 1. The summed E-state index contributed by atoms with van der Waals surface area (Å²) in [6.45, 7) is 0.695. The van der Waals surface area contributed by atoms with Crippen molar-refractivity contribution in [3.8, 4) is 0 Å². The standard InChI is InChI=1S/C16H20N2OS/c17-14(20)16(7-3-4-8-16)15(19)18-10-12-9-11-5-1-2-6-13(11)12/h1-2,5-6,12H,3-4,7-10H2,(H2,17,20)(H,18,19). The lowest BCUT2D eigenvalue weighted by Crippen LogP contribution is -2.48. The van der Waals surface area contributed by atoms with Gasteiger partial charge in [0.25, 0.3) is 0 Å². The molecule has 0 bridgehead atoms. The molecule has 2 aliphatic rings. The Morgan fingerprint density at radius 1 is 1.35 bits per heavy atom. The summed E-state index contributed by atoms with van der Waals surface area (Å²) in [5.41, 5.74) is 8.01. The molecule has 4 heteroatoms. The van der Waals surface area contributed by atoms with E-state index in [1.165, 1.54) is 11.1 Å². The summed E-state index contributed by atoms with van der Waals surface area (Å²) in [5, 5.41) is 3.08. The Kier molecular flexibility index (Phi) is 3.50. The first-order valence-corrected chi connectivity index (χ1v) is 7.70. The molecule has 1 fully saturated rings. The fourth-order valence-corrected chi connectivity index (χ4v) is 3.79. The molecule has 0 aliphatic heterocycles. The monoisotopic (exact) mass is 288 g/mol. The van der Waals surface area contributed by atoms with E-state index in [9.17, 15) is 4.79 Å². The highest BCUT2D eigenvalue weighted by molar-refractivity contribution is 7.80. The molecule has 3 N–H and O–H groups in total. The van der Waals surface area contributed by atoms with Crippen molar-refractivity contribution in [1.82, 2.24) is 5.32 Å². The fourth-order valence-electron chi connectivity index (χ4n) is 3.49. The third-order valence-corrected chi connectivity index (χ3v) is 5.22. The van der Waals surface area contributed by atoms with Crippen molar-refractivity contribution in [3.63, 3.8) is 0 Å². The Balaban J connectivity index is 1.62. The van der Waals surface area contributed by atoms with Crippen LogP contribution < -0.4 is 11.1 Å². The molecule has 1 aromatic rings. The van der Waals surface area contributed by atoms with Crippen molar-refractivity contribution in [2.75, 3.05) is 6.54 Å². The van der Waals surface area contributed by atoms with Crippen LogP contribution in [0.4, 0.5) is 0 Å². The van der Waals surface area contributed by atoms with Gasteiger partial charge < -0.3 is 11.1 Å². The quantitative estimate of drug-likeness (QED) is 0.836. The molecule has 1 aromatic carbocycles. The molecule has 1 saturated carbocycles. The Labute approximate surface area is 124 Å². The number of carbonyl (C=O) groups is 1. The molecule has 0 saturated heterocycles. The van der Waals surface area contributed by atoms with Gasteiger partial charge >= 0.3 is 0 Å². The van der Waals surface area contributed by atoms with Crippen molar-refractivity contribution in [2.24, 2.45) is 11.1 Å². The summed E-state index contributed by atoms with van der Waals surface area (Å²) in [7, 11) is 0. The van der Waals surface area contributed by atoms with E-state index in [1.807, 2.05) is 0 Å². The number of hydrogen-bond acceptors (Lipinski definition) is 2. The van der Waals surface area contributed by atoms with Crippen LogP contribution in [0.15, 0.2) is 24.3 Å². The molecule has 1 atom stereocenters. The van der Waals surface area contributed by atoms with Crippen LogP contribution in [0, 0.1) is 5.41 Å². The SMILES string of the molecule is NC(=S)C1(C(=O)NCC2Cc3ccccc32)CCCC1. The number of nitrogens with one attached hydrogen (secondary N) is 1. The van der Waals surface area contributed by atoms with E-state index < -0.39 is 5.41 Å². The molecule has 0 spiro atoms. The summed E-state index contributed by atoms with van der Waals surface area (Å²) in [4.78, 5) is 12.8. The molecule has 106 valence electrons. The van der Waals surface area contributed by atoms with E-state index >= 15 is 0 Å². The molecule has 0 aromatic heterocycles. The predicted molar refractivity (Wildman–Crippen MR) is 83.6 cm³/mol. The molecule has 1 amide bonds. The Morgan fingerprint density at radius 3 is 2.70 bits per heavy atom. The van der Waals surface area contributed by atoms with E-state index in [-0.39, 0.29) is 5.91 Å². The van der Waals surface area contributed by atoms with Crippen LogP contribution in [-0.4, -0.2) is 17.4 Å². The second-order valence-electron chi connectivity index (χ2n) is 5.96. The van der Waals surface area contributed by atoms with Gasteiger partial charge in [0.15, 0.2) is 0 Å². The fraction of sp³-hybridized carbons (Fsp3) is 0.500. The van der Waals surface area contributed by atoms with Gasteiger partial charge in [0.2, 0.25) is 5.91 Å². The third kappa shape index (κ3) is 2.12. The van der Waals surface area contributed by atoms with Gasteiger partial charge in [0.05, 0.1) is 10.4 Å². The van der Waals surface area contributed by atoms with E-state index in [0.29, 0.717) is 17.5 Å². The van der Waals surface area contributed by atoms with Gasteiger partial charge in [-0.1, -0.05) is 49.3 Å². The minimum Gasteiger partial charge on any atom is -0.392 e. The third-order valence-electron chi connectivity index (χ3n) is 4.83. The lowest BCUT2D eigenvalue weighted by Gasteiger charge is -2.32. The highest BCUT2D eigenvalue weighted by atomic mass is 32.1. The number of fused-ring (bicyclic) bond motifs is 1. The molecular weight excluding hydrogens is 268 g/mol. The average molecular weight is 288 g/mol. The molecule has 20 heavy (non-hydrogen) atoms. The summed E-state index contributed by atoms with van der Waals surface area (Å²) < 4.78 is 0. The number of amides is 1. The number of benzene rings is 1. The van der Waals surface area contributed by atoms with Crippen molar-refractivity contribution in [3.05, 3.63) is 35.4 Å². The topological polar surface area (TPSA) is 55.1 Å². The van der Waals surface area contributed by atoms with Crippen LogP contribution in [0.25, 0.3) is 0 Å². The van der Waals surface area contributed by atoms with Gasteiger partial charge in [0.1, 0.15) is 0 Å². The smallest absolute Gasteiger partial charge is 0.233 e. The Morgan fingerprint density at radius 2 is 2.05 bits per heavy atom. The van der Waals surface area contributed by atoms with Crippen molar-refractivity contribution in [1.29, 1.82) is 0 Å². The second-order valence-corrected chi connectivity index (χ2v) is 6.40. The minimum atomic E-state index is -0.585. The van der Waals surface area contributed by atoms with Gasteiger partial charge in [-0.15, -0.1) is 0 Å². The zero-order valence-electron chi connectivity index (χ0n) is 11.5. The number of rotatable bonds is 4. The minimum absolute atomic E-state index is 0.0341. The van der Waals surface area contributed by atoms with Crippen molar-refractivity contribution < 1.29 is 4.79 Å². The van der Waals surface area contributed by atoms with Crippen LogP contribution in [0.3, 0.4) is 0 Å². The summed E-state index contributed by atoms with van der Waals surface area (Å²) in [6.07, 6.45) is 4.73. The van der Waals surface area contributed by atoms with Gasteiger partial charge in [-0.05, 0) is 30.4 Å². The van der Waals surface area contributed by atoms with E-state index in [0.717, 1.165) is 32.1 Å². The average Bonchev–Trinajstić information content (AvgIpc) is 2.90. The Hall–Kier alpha value is -1.42. The van der Waals surface area contributed by atoms with Crippen LogP contribution in [-0.2, 0) is 11.2 Å². The zero-order valence-corrected chi connectivity index (χ0v) is 12.3. The lowest BCUT2D eigenvalue weighted by molar-refractivity contribution is -0.127. The number of thiocarbonyl (C=S) groups is 1. The van der Waals surface area contributed by atoms with Gasteiger partial charge in [-0.3, -0.25) is 4.79 Å². The number of carbonyl (C=O) groups excluding carboxylic acids is 1. The number of hydrogen-bond donors (Lipinski definition) is 2. The zero-order chi connectivity index (χ0) is 14.2. The van der Waals surface area contributed by atoms with Crippen LogP contribution in [0.5, 0.6) is 0 Å². The largest absolute Gasteiger partial charge is 0.392 e. The van der Waals surface area contributed by atoms with E-state index in [4.69, 9.17) is 18.0 Å². The van der Waals surface area contributed by atoms with Gasteiger partial charge in [-0.25, -0.2) is 0 Å². The lowest BCUT2D eigenvalue weighted by atomic mass is 9.77. The molecule has 0 radical (unpaired) electrons. The van der Waals surface area contributed by atoms with Crippen LogP contribution in [0.1, 0.15) is 42.7 Å². The highest BCUT2D eigenvalue weighted by Gasteiger charge is 2.44. The highest BCUT2D eigenvalue weighted by Crippen LogP contribution is 2.39. The van der Waals surface area contributed by atoms with Crippen molar-refractivity contribution >= 4 is 23.1 Å². The maximum Gasteiger partial charge on any atom is 0.233 e. The molecule has 1 unspecified atom stereocenters. The molecule has 2 aliphatic carbocycles. The van der Waals surface area contributed by atoms with E-state index in [2.05, 4.69) is 29.6 Å². The maximum atomic E-state index is 12.5.